The molecule has 2 aliphatic heterocycles. The maximum absolute atomic E-state index is 12.8. The van der Waals surface area contributed by atoms with Crippen molar-refractivity contribution >= 4 is 23.2 Å². The third-order valence-corrected chi connectivity index (χ3v) is 5.96. The van der Waals surface area contributed by atoms with E-state index in [-0.39, 0.29) is 17.9 Å². The van der Waals surface area contributed by atoms with Crippen LogP contribution >= 0.6 is 11.6 Å². The zero-order valence-electron chi connectivity index (χ0n) is 16.6. The molecule has 156 valence electrons. The highest BCUT2D eigenvalue weighted by Gasteiger charge is 2.30. The molecule has 1 saturated heterocycles. The number of rotatable bonds is 8. The number of nitrogens with one attached hydrogen (secondary N) is 1. The number of methoxy groups -OCH3 is 2. The van der Waals surface area contributed by atoms with Crippen LogP contribution in [0.1, 0.15) is 28.8 Å². The van der Waals surface area contributed by atoms with Crippen LogP contribution in [0.15, 0.2) is 6.07 Å². The van der Waals surface area contributed by atoms with Gasteiger partial charge in [-0.3, -0.25) is 4.79 Å². The number of anilines is 1. The highest BCUT2D eigenvalue weighted by molar-refractivity contribution is 6.33. The van der Waals surface area contributed by atoms with Crippen LogP contribution in [0.3, 0.4) is 0 Å². The highest BCUT2D eigenvalue weighted by Crippen LogP contribution is 2.38. The van der Waals surface area contributed by atoms with Gasteiger partial charge in [0, 0.05) is 58.4 Å². The summed E-state index contributed by atoms with van der Waals surface area (Å²) in [6.45, 7) is 4.71. The number of nitrogens with two attached hydrogens (primary N) is 1. The fourth-order valence-corrected chi connectivity index (χ4v) is 4.24. The average Bonchev–Trinajstić information content (AvgIpc) is 3.19. The lowest BCUT2D eigenvalue weighted by Gasteiger charge is -2.37. The lowest BCUT2D eigenvalue weighted by molar-refractivity contribution is -0.0121. The lowest BCUT2D eigenvalue weighted by Crippen LogP contribution is -2.48. The quantitative estimate of drug-likeness (QED) is 0.502. The van der Waals surface area contributed by atoms with Crippen molar-refractivity contribution in [3.8, 4) is 5.75 Å². The van der Waals surface area contributed by atoms with E-state index in [1.807, 2.05) is 0 Å². The zero-order valence-corrected chi connectivity index (χ0v) is 17.4. The number of benzene rings is 1. The predicted molar refractivity (Wildman–Crippen MR) is 109 cm³/mol. The van der Waals surface area contributed by atoms with Crippen molar-refractivity contribution < 1.29 is 19.0 Å². The SMILES string of the molecule is COCCCN1CC[C@@H](CNC(=O)c2cc(Cl)c(N)c3c2OCC3)[C@H](OC)C1. The zero-order chi connectivity index (χ0) is 20.1. The largest absolute Gasteiger partial charge is 0.492 e. The topological polar surface area (TPSA) is 86.1 Å². The summed E-state index contributed by atoms with van der Waals surface area (Å²) >= 11 is 6.21. The van der Waals surface area contributed by atoms with Crippen LogP contribution in [-0.4, -0.2) is 70.5 Å². The maximum Gasteiger partial charge on any atom is 0.255 e. The van der Waals surface area contributed by atoms with E-state index in [1.165, 1.54) is 0 Å². The number of ether oxygens (including phenoxy) is 3. The Hall–Kier alpha value is -1.54. The molecule has 0 spiro atoms. The van der Waals surface area contributed by atoms with E-state index >= 15 is 0 Å². The van der Waals surface area contributed by atoms with Crippen LogP contribution in [0, 0.1) is 5.92 Å². The Morgan fingerprint density at radius 3 is 3.04 bits per heavy atom. The second-order valence-electron chi connectivity index (χ2n) is 7.41. The maximum atomic E-state index is 12.8. The Balaban J connectivity index is 1.58. The molecule has 1 fully saturated rings. The van der Waals surface area contributed by atoms with E-state index in [0.717, 1.165) is 44.6 Å². The third-order valence-electron chi connectivity index (χ3n) is 5.65. The van der Waals surface area contributed by atoms with Gasteiger partial charge >= 0.3 is 0 Å². The average molecular weight is 412 g/mol. The smallest absolute Gasteiger partial charge is 0.255 e. The summed E-state index contributed by atoms with van der Waals surface area (Å²) in [5.41, 5.74) is 7.81. The van der Waals surface area contributed by atoms with Crippen molar-refractivity contribution in [2.45, 2.75) is 25.4 Å². The molecule has 0 bridgehead atoms. The van der Waals surface area contributed by atoms with Crippen LogP contribution < -0.4 is 15.8 Å². The van der Waals surface area contributed by atoms with Gasteiger partial charge in [-0.15, -0.1) is 0 Å². The minimum absolute atomic E-state index is 0.0913. The number of hydrogen-bond acceptors (Lipinski definition) is 6. The van der Waals surface area contributed by atoms with Crippen molar-refractivity contribution in [2.24, 2.45) is 5.92 Å². The molecule has 0 saturated carbocycles. The summed E-state index contributed by atoms with van der Waals surface area (Å²) in [5.74, 6) is 0.652. The number of nitrogens with zero attached hydrogens (tertiary/aromatic N) is 1. The van der Waals surface area contributed by atoms with Gasteiger partial charge in [0.25, 0.3) is 5.91 Å². The number of piperidine rings is 1. The summed E-state index contributed by atoms with van der Waals surface area (Å²) in [4.78, 5) is 15.2. The number of likely N-dealkylation sites (tertiary alicyclic amines) is 1. The first-order chi connectivity index (χ1) is 13.5. The Kier molecular flexibility index (Phi) is 7.40. The number of carbonyl (C=O) groups excluding carboxylic acids is 1. The molecule has 28 heavy (non-hydrogen) atoms. The molecular weight excluding hydrogens is 382 g/mol. The number of hydrogen-bond donors (Lipinski definition) is 2. The number of halogens is 1. The first kappa shape index (κ1) is 21.2. The summed E-state index contributed by atoms with van der Waals surface area (Å²) in [5, 5.41) is 3.44. The van der Waals surface area contributed by atoms with Crippen molar-refractivity contribution in [3.05, 3.63) is 22.2 Å². The van der Waals surface area contributed by atoms with E-state index < -0.39 is 0 Å². The van der Waals surface area contributed by atoms with Gasteiger partial charge in [-0.05, 0) is 25.5 Å². The minimum atomic E-state index is -0.183. The molecule has 3 rings (SSSR count). The van der Waals surface area contributed by atoms with Gasteiger partial charge in [-0.1, -0.05) is 11.6 Å². The molecule has 0 aromatic heterocycles. The van der Waals surface area contributed by atoms with Gasteiger partial charge in [0.1, 0.15) is 5.75 Å². The van der Waals surface area contributed by atoms with Crippen molar-refractivity contribution in [2.75, 3.05) is 59.3 Å². The molecule has 2 aliphatic rings. The normalized spacial score (nSPS) is 22.0. The van der Waals surface area contributed by atoms with Crippen LogP contribution in [0.25, 0.3) is 0 Å². The monoisotopic (exact) mass is 411 g/mol. The van der Waals surface area contributed by atoms with Gasteiger partial charge in [-0.25, -0.2) is 0 Å². The predicted octanol–water partition coefficient (Wildman–Crippen LogP) is 1.96. The molecule has 1 amide bonds. The molecule has 1 aromatic rings. The molecule has 1 aromatic carbocycles. The van der Waals surface area contributed by atoms with Crippen LogP contribution in [0.2, 0.25) is 5.02 Å². The number of amides is 1. The molecule has 8 heteroatoms. The van der Waals surface area contributed by atoms with Crippen LogP contribution in [0.5, 0.6) is 5.75 Å². The van der Waals surface area contributed by atoms with E-state index in [0.29, 0.717) is 41.6 Å². The lowest BCUT2D eigenvalue weighted by atomic mass is 9.93. The molecule has 0 unspecified atom stereocenters. The number of fused-ring (bicyclic) bond motifs is 1. The van der Waals surface area contributed by atoms with E-state index in [2.05, 4.69) is 10.2 Å². The van der Waals surface area contributed by atoms with Crippen molar-refractivity contribution in [1.82, 2.24) is 10.2 Å². The standard InChI is InChI=1S/C20H30ClN3O4/c1-26-8-3-6-24-7-4-13(17(12-24)27-2)11-23-20(25)15-10-16(21)18(22)14-5-9-28-19(14)15/h10,13,17H,3-9,11-12,22H2,1-2H3,(H,23,25)/t13-,17+/m0/s1. The number of carbonyl (C=O) groups is 1. The second kappa shape index (κ2) is 9.78. The summed E-state index contributed by atoms with van der Waals surface area (Å²) < 4.78 is 16.5. The van der Waals surface area contributed by atoms with Crippen molar-refractivity contribution in [3.63, 3.8) is 0 Å². The van der Waals surface area contributed by atoms with E-state index in [4.69, 9.17) is 31.5 Å². The van der Waals surface area contributed by atoms with Gasteiger partial charge in [0.2, 0.25) is 0 Å². The molecule has 7 nitrogen and oxygen atoms in total. The van der Waals surface area contributed by atoms with E-state index in [1.54, 1.807) is 20.3 Å². The molecule has 3 N–H and O–H groups in total. The third kappa shape index (κ3) is 4.71. The fourth-order valence-electron chi connectivity index (χ4n) is 4.02. The second-order valence-corrected chi connectivity index (χ2v) is 7.81. The highest BCUT2D eigenvalue weighted by atomic mass is 35.5. The molecule has 2 heterocycles. The summed E-state index contributed by atoms with van der Waals surface area (Å²) in [6.07, 6.45) is 2.75. The first-order valence-electron chi connectivity index (χ1n) is 9.81. The fraction of sp³-hybridized carbons (Fsp3) is 0.650. The van der Waals surface area contributed by atoms with E-state index in [9.17, 15) is 4.79 Å². The Bertz CT molecular complexity index is 701. The van der Waals surface area contributed by atoms with Gasteiger partial charge in [-0.2, -0.15) is 0 Å². The van der Waals surface area contributed by atoms with Crippen LogP contribution in [0.4, 0.5) is 5.69 Å². The van der Waals surface area contributed by atoms with Gasteiger partial charge in [0.15, 0.2) is 0 Å². The molecular formula is C20H30ClN3O4. The number of nitrogen functional groups attached to an aromatic ring is 1. The molecule has 0 radical (unpaired) electrons. The van der Waals surface area contributed by atoms with Crippen LogP contribution in [-0.2, 0) is 15.9 Å². The first-order valence-corrected chi connectivity index (χ1v) is 10.2. The van der Waals surface area contributed by atoms with Gasteiger partial charge < -0.3 is 30.2 Å². The summed E-state index contributed by atoms with van der Waals surface area (Å²) in [6, 6.07) is 1.60. The minimum Gasteiger partial charge on any atom is -0.492 e. The Labute approximate surface area is 171 Å². The Morgan fingerprint density at radius 1 is 1.46 bits per heavy atom. The molecule has 0 aliphatic carbocycles. The van der Waals surface area contributed by atoms with Gasteiger partial charge in [0.05, 0.1) is 29.0 Å². The summed E-state index contributed by atoms with van der Waals surface area (Å²) in [7, 11) is 3.46. The Morgan fingerprint density at radius 2 is 2.29 bits per heavy atom. The van der Waals surface area contributed by atoms with Crippen molar-refractivity contribution in [1.29, 1.82) is 0 Å². The molecule has 2 atom stereocenters.